The highest BCUT2D eigenvalue weighted by Gasteiger charge is 2.17. The van der Waals surface area contributed by atoms with Crippen LogP contribution in [0.4, 0.5) is 5.69 Å². The number of aryl methyl sites for hydroxylation is 1. The number of benzene rings is 1. The van der Waals surface area contributed by atoms with Crippen molar-refractivity contribution in [3.05, 3.63) is 35.9 Å². The summed E-state index contributed by atoms with van der Waals surface area (Å²) < 4.78 is 7.31. The molecule has 0 radical (unpaired) electrons. The van der Waals surface area contributed by atoms with E-state index in [0.717, 1.165) is 56.5 Å². The van der Waals surface area contributed by atoms with Gasteiger partial charge in [-0.25, -0.2) is 0 Å². The number of rotatable bonds is 4. The van der Waals surface area contributed by atoms with Crippen molar-refractivity contribution in [1.29, 1.82) is 0 Å². The highest BCUT2D eigenvalue weighted by molar-refractivity contribution is 5.49. The molecule has 0 bridgehead atoms. The van der Waals surface area contributed by atoms with Crippen molar-refractivity contribution in [2.45, 2.75) is 19.9 Å². The lowest BCUT2D eigenvalue weighted by Crippen LogP contribution is -2.31. The Morgan fingerprint density at radius 3 is 2.48 bits per heavy atom. The van der Waals surface area contributed by atoms with E-state index in [1.165, 1.54) is 5.69 Å². The van der Waals surface area contributed by atoms with E-state index >= 15 is 0 Å². The van der Waals surface area contributed by atoms with Crippen LogP contribution in [0.3, 0.4) is 0 Å². The summed E-state index contributed by atoms with van der Waals surface area (Å²) in [5, 5.41) is 8.43. The van der Waals surface area contributed by atoms with Crippen LogP contribution in [0.1, 0.15) is 18.1 Å². The van der Waals surface area contributed by atoms with Crippen LogP contribution < -0.4 is 9.64 Å². The Labute approximate surface area is 137 Å². The molecule has 0 atom stereocenters. The van der Waals surface area contributed by atoms with Gasteiger partial charge in [0.05, 0.1) is 13.7 Å². The smallest absolute Gasteiger partial charge is 0.146 e. The largest absolute Gasteiger partial charge is 0.497 e. The second kappa shape index (κ2) is 7.00. The van der Waals surface area contributed by atoms with E-state index in [9.17, 15) is 0 Å². The molecule has 124 valence electrons. The Kier molecular flexibility index (Phi) is 4.81. The van der Waals surface area contributed by atoms with Crippen molar-refractivity contribution >= 4 is 5.69 Å². The lowest BCUT2D eigenvalue weighted by molar-refractivity contribution is 0.275. The van der Waals surface area contributed by atoms with E-state index < -0.39 is 0 Å². The number of ether oxygens (including phenoxy) is 1. The molecule has 1 aliphatic heterocycles. The minimum Gasteiger partial charge on any atom is -0.497 e. The summed E-state index contributed by atoms with van der Waals surface area (Å²) >= 11 is 0. The zero-order valence-electron chi connectivity index (χ0n) is 14.2. The summed E-state index contributed by atoms with van der Waals surface area (Å²) in [4.78, 5) is 4.91. The monoisotopic (exact) mass is 315 g/mol. The molecule has 6 nitrogen and oxygen atoms in total. The van der Waals surface area contributed by atoms with E-state index in [4.69, 9.17) is 4.74 Å². The lowest BCUT2D eigenvalue weighted by atomic mass is 10.2. The minimum atomic E-state index is 0.869. The lowest BCUT2D eigenvalue weighted by Gasteiger charge is -2.23. The number of aromatic nitrogens is 3. The van der Waals surface area contributed by atoms with Crippen molar-refractivity contribution in [2.24, 2.45) is 7.05 Å². The Hall–Kier alpha value is -2.08. The van der Waals surface area contributed by atoms with Gasteiger partial charge >= 0.3 is 0 Å². The summed E-state index contributed by atoms with van der Waals surface area (Å²) in [6, 6.07) is 8.34. The zero-order chi connectivity index (χ0) is 16.2. The quantitative estimate of drug-likeness (QED) is 0.861. The normalized spacial score (nSPS) is 16.4. The third-order valence-corrected chi connectivity index (χ3v) is 4.57. The molecule has 2 heterocycles. The van der Waals surface area contributed by atoms with Gasteiger partial charge in [0.15, 0.2) is 0 Å². The molecule has 6 heteroatoms. The first-order chi connectivity index (χ1) is 11.2. The summed E-state index contributed by atoms with van der Waals surface area (Å²) in [6.07, 6.45) is 1.16. The molecule has 0 saturated carbocycles. The highest BCUT2D eigenvalue weighted by Crippen LogP contribution is 2.20. The molecule has 0 aliphatic carbocycles. The number of hydrogen-bond acceptors (Lipinski definition) is 5. The van der Waals surface area contributed by atoms with Crippen LogP contribution in [-0.4, -0.2) is 53.0 Å². The molecule has 1 aliphatic rings. The first kappa shape index (κ1) is 15.8. The van der Waals surface area contributed by atoms with Crippen molar-refractivity contribution < 1.29 is 4.74 Å². The van der Waals surface area contributed by atoms with Crippen molar-refractivity contribution in [2.75, 3.05) is 38.2 Å². The number of nitrogens with zero attached hydrogens (tertiary/aromatic N) is 5. The predicted molar refractivity (Wildman–Crippen MR) is 90.8 cm³/mol. The molecule has 0 N–H and O–H groups in total. The Morgan fingerprint density at radius 1 is 1.04 bits per heavy atom. The van der Waals surface area contributed by atoms with Crippen molar-refractivity contribution in [1.82, 2.24) is 19.7 Å². The van der Waals surface area contributed by atoms with Gasteiger partial charge in [0, 0.05) is 38.9 Å². The maximum absolute atomic E-state index is 5.24. The van der Waals surface area contributed by atoms with E-state index in [1.54, 1.807) is 7.11 Å². The van der Waals surface area contributed by atoms with Gasteiger partial charge in [0.2, 0.25) is 0 Å². The first-order valence-electron chi connectivity index (χ1n) is 8.13. The third kappa shape index (κ3) is 3.64. The number of methoxy groups -OCH3 is 1. The van der Waals surface area contributed by atoms with Gasteiger partial charge in [-0.15, -0.1) is 10.2 Å². The van der Waals surface area contributed by atoms with Crippen LogP contribution in [0.25, 0.3) is 0 Å². The van der Waals surface area contributed by atoms with E-state index in [2.05, 4.69) is 36.7 Å². The Morgan fingerprint density at radius 2 is 1.83 bits per heavy atom. The van der Waals surface area contributed by atoms with Crippen LogP contribution in [-0.2, 0) is 13.6 Å². The molecule has 1 fully saturated rings. The first-order valence-corrected chi connectivity index (χ1v) is 8.13. The van der Waals surface area contributed by atoms with Gasteiger partial charge in [-0.3, -0.25) is 4.90 Å². The Balaban J connectivity index is 1.61. The molecule has 1 aromatic carbocycles. The van der Waals surface area contributed by atoms with Crippen LogP contribution in [0, 0.1) is 6.92 Å². The molecule has 2 aromatic rings. The third-order valence-electron chi connectivity index (χ3n) is 4.57. The zero-order valence-corrected chi connectivity index (χ0v) is 14.2. The molecule has 0 spiro atoms. The summed E-state index contributed by atoms with van der Waals surface area (Å²) in [5.41, 5.74) is 1.27. The topological polar surface area (TPSA) is 46.4 Å². The van der Waals surface area contributed by atoms with Crippen LogP contribution in [0.15, 0.2) is 24.3 Å². The van der Waals surface area contributed by atoms with E-state index in [-0.39, 0.29) is 0 Å². The fourth-order valence-electron chi connectivity index (χ4n) is 2.97. The molecular weight excluding hydrogens is 290 g/mol. The summed E-state index contributed by atoms with van der Waals surface area (Å²) in [7, 11) is 3.74. The van der Waals surface area contributed by atoms with Gasteiger partial charge in [-0.05, 0) is 37.6 Å². The second-order valence-corrected chi connectivity index (χ2v) is 6.04. The standard InChI is InChI=1S/C17H25N5O/c1-14-18-19-17(20(14)2)13-21-9-4-10-22(12-11-21)15-5-7-16(23-3)8-6-15/h5-8H,4,9-13H2,1-3H3. The molecule has 0 amide bonds. The van der Waals surface area contributed by atoms with E-state index in [0.29, 0.717) is 0 Å². The molecule has 1 saturated heterocycles. The van der Waals surface area contributed by atoms with E-state index in [1.807, 2.05) is 26.1 Å². The fourth-order valence-corrected chi connectivity index (χ4v) is 2.97. The van der Waals surface area contributed by atoms with Gasteiger partial charge < -0.3 is 14.2 Å². The second-order valence-electron chi connectivity index (χ2n) is 6.04. The number of hydrogen-bond donors (Lipinski definition) is 0. The van der Waals surface area contributed by atoms with Gasteiger partial charge in [0.25, 0.3) is 0 Å². The van der Waals surface area contributed by atoms with Crippen molar-refractivity contribution in [3.8, 4) is 5.75 Å². The Bertz CT molecular complexity index is 637. The maximum Gasteiger partial charge on any atom is 0.146 e. The molecular formula is C17H25N5O. The SMILES string of the molecule is COc1ccc(N2CCCN(Cc3nnc(C)n3C)CC2)cc1. The molecule has 3 rings (SSSR count). The van der Waals surface area contributed by atoms with Crippen LogP contribution >= 0.6 is 0 Å². The van der Waals surface area contributed by atoms with Crippen LogP contribution in [0.5, 0.6) is 5.75 Å². The van der Waals surface area contributed by atoms with Gasteiger partial charge in [-0.1, -0.05) is 0 Å². The fraction of sp³-hybridized carbons (Fsp3) is 0.529. The van der Waals surface area contributed by atoms with Gasteiger partial charge in [0.1, 0.15) is 17.4 Å². The molecule has 1 aromatic heterocycles. The highest BCUT2D eigenvalue weighted by atomic mass is 16.5. The molecule has 23 heavy (non-hydrogen) atoms. The van der Waals surface area contributed by atoms with Gasteiger partial charge in [-0.2, -0.15) is 0 Å². The maximum atomic E-state index is 5.24. The minimum absolute atomic E-state index is 0.869. The molecule has 0 unspecified atom stereocenters. The van der Waals surface area contributed by atoms with Crippen LogP contribution in [0.2, 0.25) is 0 Å². The summed E-state index contributed by atoms with van der Waals surface area (Å²) in [6.45, 7) is 7.11. The summed E-state index contributed by atoms with van der Waals surface area (Å²) in [5.74, 6) is 2.91. The number of anilines is 1. The predicted octanol–water partition coefficient (Wildman–Crippen LogP) is 1.84. The average Bonchev–Trinajstić information content (AvgIpc) is 2.79. The van der Waals surface area contributed by atoms with Crippen molar-refractivity contribution in [3.63, 3.8) is 0 Å². The average molecular weight is 315 g/mol.